The maximum absolute atomic E-state index is 12.6. The highest BCUT2D eigenvalue weighted by molar-refractivity contribution is 5.89. The zero-order chi connectivity index (χ0) is 16.9. The summed E-state index contributed by atoms with van der Waals surface area (Å²) in [6.07, 6.45) is 3.35. The first-order chi connectivity index (χ1) is 11.6. The molecule has 1 fully saturated rings. The molecular weight excluding hydrogens is 308 g/mol. The van der Waals surface area contributed by atoms with Gasteiger partial charge in [-0.3, -0.25) is 14.2 Å². The lowest BCUT2D eigenvalue weighted by Crippen LogP contribution is -2.58. The Morgan fingerprint density at radius 3 is 2.75 bits per heavy atom. The van der Waals surface area contributed by atoms with Crippen molar-refractivity contribution in [2.24, 2.45) is 0 Å². The van der Waals surface area contributed by atoms with Crippen molar-refractivity contribution in [1.82, 2.24) is 19.8 Å². The number of hydrogen-bond donors (Lipinski definition) is 1. The SMILES string of the molecule is O=C1NCCN(C(=O)Cn2cccnc2=O)[C@H]1Cc1ccccc1. The van der Waals surface area contributed by atoms with E-state index in [9.17, 15) is 14.4 Å². The van der Waals surface area contributed by atoms with Gasteiger partial charge in [0.2, 0.25) is 11.8 Å². The summed E-state index contributed by atoms with van der Waals surface area (Å²) in [7, 11) is 0. The third-order valence-corrected chi connectivity index (χ3v) is 4.01. The van der Waals surface area contributed by atoms with Crippen LogP contribution in [0.3, 0.4) is 0 Å². The number of rotatable bonds is 4. The van der Waals surface area contributed by atoms with Crippen LogP contribution in [0, 0.1) is 0 Å². The topological polar surface area (TPSA) is 84.3 Å². The maximum atomic E-state index is 12.6. The van der Waals surface area contributed by atoms with Crippen molar-refractivity contribution >= 4 is 11.8 Å². The number of hydrogen-bond acceptors (Lipinski definition) is 4. The summed E-state index contributed by atoms with van der Waals surface area (Å²) in [5.41, 5.74) is 0.503. The van der Waals surface area contributed by atoms with Crippen LogP contribution < -0.4 is 11.0 Å². The first-order valence-corrected chi connectivity index (χ1v) is 7.78. The quantitative estimate of drug-likeness (QED) is 0.844. The molecule has 1 N–H and O–H groups in total. The van der Waals surface area contributed by atoms with Crippen LogP contribution in [-0.4, -0.2) is 45.4 Å². The van der Waals surface area contributed by atoms with E-state index in [1.54, 1.807) is 11.0 Å². The Morgan fingerprint density at radius 1 is 1.21 bits per heavy atom. The molecule has 0 unspecified atom stereocenters. The van der Waals surface area contributed by atoms with Crippen LogP contribution in [0.4, 0.5) is 0 Å². The van der Waals surface area contributed by atoms with Crippen molar-refractivity contribution in [3.8, 4) is 0 Å². The van der Waals surface area contributed by atoms with E-state index < -0.39 is 11.7 Å². The summed E-state index contributed by atoms with van der Waals surface area (Å²) in [6, 6.07) is 10.6. The molecule has 1 aliphatic rings. The Balaban J connectivity index is 1.78. The number of amides is 2. The van der Waals surface area contributed by atoms with E-state index in [2.05, 4.69) is 10.3 Å². The molecule has 0 saturated carbocycles. The minimum atomic E-state index is -0.568. The Hall–Kier alpha value is -2.96. The monoisotopic (exact) mass is 326 g/mol. The molecule has 2 aromatic rings. The van der Waals surface area contributed by atoms with Crippen LogP contribution in [-0.2, 0) is 22.6 Å². The van der Waals surface area contributed by atoms with Gasteiger partial charge in [0.1, 0.15) is 12.6 Å². The van der Waals surface area contributed by atoms with Crippen LogP contribution in [0.15, 0.2) is 53.6 Å². The van der Waals surface area contributed by atoms with Crippen molar-refractivity contribution in [3.63, 3.8) is 0 Å². The summed E-state index contributed by atoms with van der Waals surface area (Å²) >= 11 is 0. The highest BCUT2D eigenvalue weighted by atomic mass is 16.2. The van der Waals surface area contributed by atoms with Gasteiger partial charge in [0.25, 0.3) is 0 Å². The van der Waals surface area contributed by atoms with Gasteiger partial charge in [-0.1, -0.05) is 30.3 Å². The second-order valence-electron chi connectivity index (χ2n) is 5.61. The third kappa shape index (κ3) is 3.51. The zero-order valence-corrected chi connectivity index (χ0v) is 13.1. The molecule has 1 saturated heterocycles. The van der Waals surface area contributed by atoms with Crippen molar-refractivity contribution < 1.29 is 9.59 Å². The molecule has 1 aliphatic heterocycles. The van der Waals surface area contributed by atoms with E-state index in [-0.39, 0.29) is 18.4 Å². The van der Waals surface area contributed by atoms with Crippen LogP contribution in [0.1, 0.15) is 5.56 Å². The van der Waals surface area contributed by atoms with Crippen molar-refractivity contribution in [1.29, 1.82) is 0 Å². The predicted molar refractivity (Wildman–Crippen MR) is 87.2 cm³/mol. The minimum absolute atomic E-state index is 0.120. The van der Waals surface area contributed by atoms with E-state index in [1.165, 1.54) is 17.0 Å². The van der Waals surface area contributed by atoms with E-state index >= 15 is 0 Å². The Morgan fingerprint density at radius 2 is 2.00 bits per heavy atom. The largest absolute Gasteiger partial charge is 0.353 e. The van der Waals surface area contributed by atoms with Crippen LogP contribution in [0.2, 0.25) is 0 Å². The lowest BCUT2D eigenvalue weighted by Gasteiger charge is -2.35. The van der Waals surface area contributed by atoms with Gasteiger partial charge in [-0.05, 0) is 11.6 Å². The number of benzene rings is 1. The number of carbonyl (C=O) groups is 2. The van der Waals surface area contributed by atoms with Gasteiger partial charge < -0.3 is 10.2 Å². The first-order valence-electron chi connectivity index (χ1n) is 7.78. The lowest BCUT2D eigenvalue weighted by atomic mass is 10.0. The molecule has 0 radical (unpaired) electrons. The fraction of sp³-hybridized carbons (Fsp3) is 0.294. The van der Waals surface area contributed by atoms with Gasteiger partial charge in [0.15, 0.2) is 0 Å². The molecule has 1 aromatic carbocycles. The van der Waals surface area contributed by atoms with E-state index in [0.717, 1.165) is 5.56 Å². The molecule has 7 heteroatoms. The highest BCUT2D eigenvalue weighted by Crippen LogP contribution is 2.13. The van der Waals surface area contributed by atoms with Crippen LogP contribution >= 0.6 is 0 Å². The molecule has 1 atom stereocenters. The minimum Gasteiger partial charge on any atom is -0.353 e. The predicted octanol–water partition coefficient (Wildman–Crippen LogP) is -0.187. The fourth-order valence-electron chi connectivity index (χ4n) is 2.80. The van der Waals surface area contributed by atoms with Gasteiger partial charge in [0.05, 0.1) is 0 Å². The van der Waals surface area contributed by atoms with E-state index in [1.807, 2.05) is 30.3 Å². The number of piperazine rings is 1. The average molecular weight is 326 g/mol. The number of nitrogens with zero attached hydrogens (tertiary/aromatic N) is 3. The number of carbonyl (C=O) groups excluding carboxylic acids is 2. The molecule has 3 rings (SSSR count). The van der Waals surface area contributed by atoms with Crippen molar-refractivity contribution in [3.05, 3.63) is 64.8 Å². The van der Waals surface area contributed by atoms with Crippen LogP contribution in [0.25, 0.3) is 0 Å². The molecule has 1 aromatic heterocycles. The normalized spacial score (nSPS) is 17.4. The maximum Gasteiger partial charge on any atom is 0.347 e. The van der Waals surface area contributed by atoms with Gasteiger partial charge in [-0.25, -0.2) is 9.78 Å². The Labute approximate surface area is 138 Å². The van der Waals surface area contributed by atoms with Crippen molar-refractivity contribution in [2.45, 2.75) is 19.0 Å². The van der Waals surface area contributed by atoms with Gasteiger partial charge in [0, 0.05) is 31.9 Å². The number of aromatic nitrogens is 2. The van der Waals surface area contributed by atoms with Crippen molar-refractivity contribution in [2.75, 3.05) is 13.1 Å². The fourth-order valence-corrected chi connectivity index (χ4v) is 2.80. The Bertz CT molecular complexity index is 788. The summed E-state index contributed by atoms with van der Waals surface area (Å²) in [5, 5.41) is 2.80. The van der Waals surface area contributed by atoms with E-state index in [4.69, 9.17) is 0 Å². The average Bonchev–Trinajstić information content (AvgIpc) is 2.59. The molecule has 2 amide bonds. The second-order valence-corrected chi connectivity index (χ2v) is 5.61. The smallest absolute Gasteiger partial charge is 0.347 e. The molecule has 24 heavy (non-hydrogen) atoms. The summed E-state index contributed by atoms with van der Waals surface area (Å²) in [5.74, 6) is -0.433. The summed E-state index contributed by atoms with van der Waals surface area (Å²) < 4.78 is 1.24. The molecular formula is C17H18N4O3. The Kier molecular flexibility index (Phi) is 4.69. The molecule has 2 heterocycles. The van der Waals surface area contributed by atoms with Gasteiger partial charge in [-0.2, -0.15) is 0 Å². The second kappa shape index (κ2) is 7.08. The zero-order valence-electron chi connectivity index (χ0n) is 13.1. The van der Waals surface area contributed by atoms with E-state index in [0.29, 0.717) is 19.5 Å². The van der Waals surface area contributed by atoms with Gasteiger partial charge >= 0.3 is 5.69 Å². The summed E-state index contributed by atoms with van der Waals surface area (Å²) in [6.45, 7) is 0.722. The molecule has 0 aliphatic carbocycles. The molecule has 0 spiro atoms. The first kappa shape index (κ1) is 15.9. The van der Waals surface area contributed by atoms with Crippen LogP contribution in [0.5, 0.6) is 0 Å². The highest BCUT2D eigenvalue weighted by Gasteiger charge is 2.33. The standard InChI is InChI=1S/C17H18N4O3/c22-15(12-20-9-4-7-19-17(20)24)21-10-8-18-16(23)14(21)11-13-5-2-1-3-6-13/h1-7,9,14H,8,10-12H2,(H,18,23)/t14-/m0/s1. The third-order valence-electron chi connectivity index (χ3n) is 4.01. The van der Waals surface area contributed by atoms with Gasteiger partial charge in [-0.15, -0.1) is 0 Å². The lowest BCUT2D eigenvalue weighted by molar-refractivity contribution is -0.143. The number of nitrogens with one attached hydrogen (secondary N) is 1. The molecule has 7 nitrogen and oxygen atoms in total. The molecule has 124 valence electrons. The summed E-state index contributed by atoms with van der Waals surface area (Å²) in [4.78, 5) is 41.7. The molecule has 0 bridgehead atoms.